The molecule has 1 aromatic rings. The molecule has 0 radical (unpaired) electrons. The third-order valence-corrected chi connectivity index (χ3v) is 8.01. The van der Waals surface area contributed by atoms with Crippen LogP contribution in [0.25, 0.3) is 0 Å². The largest absolute Gasteiger partial charge is 0.490 e. The fraction of sp³-hybridized carbons (Fsp3) is 0.733. The summed E-state index contributed by atoms with van der Waals surface area (Å²) in [6, 6.07) is 3.08. The summed E-state index contributed by atoms with van der Waals surface area (Å²) in [5, 5.41) is 0. The highest BCUT2D eigenvalue weighted by Crippen LogP contribution is 2.42. The lowest BCUT2D eigenvalue weighted by Gasteiger charge is -2.37. The molecule has 0 amide bonds. The van der Waals surface area contributed by atoms with Gasteiger partial charge < -0.3 is 4.74 Å². The highest BCUT2D eigenvalue weighted by Gasteiger charge is 2.30. The van der Waals surface area contributed by atoms with Crippen LogP contribution in [0.3, 0.4) is 0 Å². The van der Waals surface area contributed by atoms with E-state index in [1.807, 2.05) is 0 Å². The van der Waals surface area contributed by atoms with Crippen LogP contribution < -0.4 is 4.74 Å². The number of halogens is 2. The van der Waals surface area contributed by atoms with E-state index >= 15 is 0 Å². The van der Waals surface area contributed by atoms with Gasteiger partial charge in [-0.3, -0.25) is 0 Å². The van der Waals surface area contributed by atoms with Gasteiger partial charge in [0.1, 0.15) is 0 Å². The Morgan fingerprint density at radius 1 is 0.788 bits per heavy atom. The van der Waals surface area contributed by atoms with E-state index in [2.05, 4.69) is 25.7 Å². The van der Waals surface area contributed by atoms with Crippen LogP contribution in [-0.4, -0.2) is 6.61 Å². The molecule has 0 heterocycles. The van der Waals surface area contributed by atoms with Crippen LogP contribution in [0.15, 0.2) is 12.1 Å². The Kier molecular flexibility index (Phi) is 11.0. The third kappa shape index (κ3) is 8.01. The molecule has 0 aromatic heterocycles. The van der Waals surface area contributed by atoms with Crippen molar-refractivity contribution in [3.05, 3.63) is 29.3 Å². The van der Waals surface area contributed by atoms with Gasteiger partial charge in [0, 0.05) is 5.92 Å². The van der Waals surface area contributed by atoms with E-state index in [-0.39, 0.29) is 11.3 Å². The number of rotatable bonds is 10. The van der Waals surface area contributed by atoms with Crippen molar-refractivity contribution in [3.8, 4) is 17.6 Å². The average molecular weight is 459 g/mol. The number of unbranched alkanes of at least 4 members (excludes halogenated alkanes) is 4. The molecular formula is C30H44F2O. The molecule has 0 spiro atoms. The Morgan fingerprint density at radius 3 is 2.09 bits per heavy atom. The Hall–Kier alpha value is -1.56. The van der Waals surface area contributed by atoms with Gasteiger partial charge in [-0.25, -0.2) is 4.39 Å². The van der Waals surface area contributed by atoms with Crippen molar-refractivity contribution in [3.63, 3.8) is 0 Å². The SMILES string of the molecule is CCCCCOc1ccc(C#CC2CCC(C3CCC(CCCCC)CC3)CC2)c(F)c1F. The van der Waals surface area contributed by atoms with Gasteiger partial charge >= 0.3 is 0 Å². The molecule has 2 saturated carbocycles. The van der Waals surface area contributed by atoms with Crippen molar-refractivity contribution in [2.75, 3.05) is 6.61 Å². The minimum absolute atomic E-state index is 0.00486. The van der Waals surface area contributed by atoms with Gasteiger partial charge in [0.15, 0.2) is 11.6 Å². The van der Waals surface area contributed by atoms with Crippen molar-refractivity contribution in [2.24, 2.45) is 23.7 Å². The van der Waals surface area contributed by atoms with Gasteiger partial charge in [0.2, 0.25) is 5.82 Å². The second-order valence-electron chi connectivity index (χ2n) is 10.5. The maximum atomic E-state index is 14.5. The quantitative estimate of drug-likeness (QED) is 0.251. The van der Waals surface area contributed by atoms with E-state index < -0.39 is 11.6 Å². The Balaban J connectivity index is 1.43. The molecule has 0 unspecified atom stereocenters. The average Bonchev–Trinajstić information content (AvgIpc) is 2.85. The van der Waals surface area contributed by atoms with Gasteiger partial charge in [-0.05, 0) is 74.8 Å². The zero-order valence-corrected chi connectivity index (χ0v) is 20.9. The molecule has 0 bridgehead atoms. The molecule has 0 aliphatic heterocycles. The summed E-state index contributed by atoms with van der Waals surface area (Å²) in [6.45, 7) is 4.80. The van der Waals surface area contributed by atoms with Crippen LogP contribution in [-0.2, 0) is 0 Å². The minimum atomic E-state index is -0.910. The lowest BCUT2D eigenvalue weighted by Crippen LogP contribution is -2.25. The van der Waals surface area contributed by atoms with Crippen molar-refractivity contribution in [2.45, 2.75) is 110 Å². The fourth-order valence-electron chi connectivity index (χ4n) is 5.82. The molecule has 0 N–H and O–H groups in total. The van der Waals surface area contributed by atoms with Gasteiger partial charge in [0.05, 0.1) is 12.2 Å². The summed E-state index contributed by atoms with van der Waals surface area (Å²) < 4.78 is 34.2. The van der Waals surface area contributed by atoms with Crippen LogP contribution in [0.1, 0.15) is 116 Å². The monoisotopic (exact) mass is 458 g/mol. The summed E-state index contributed by atoms with van der Waals surface area (Å²) in [7, 11) is 0. The molecule has 1 aromatic carbocycles. The summed E-state index contributed by atoms with van der Waals surface area (Å²) in [5.41, 5.74) is 0.150. The fourth-order valence-corrected chi connectivity index (χ4v) is 5.82. The molecule has 0 atom stereocenters. The second-order valence-corrected chi connectivity index (χ2v) is 10.5. The first-order valence-corrected chi connectivity index (χ1v) is 13.7. The molecular weight excluding hydrogens is 414 g/mol. The van der Waals surface area contributed by atoms with Gasteiger partial charge in [-0.1, -0.05) is 77.1 Å². The second kappa shape index (κ2) is 14.0. The van der Waals surface area contributed by atoms with Crippen molar-refractivity contribution in [1.82, 2.24) is 0 Å². The lowest BCUT2D eigenvalue weighted by molar-refractivity contribution is 0.153. The molecule has 184 valence electrons. The molecule has 0 saturated heterocycles. The Bertz CT molecular complexity index is 761. The van der Waals surface area contributed by atoms with E-state index in [0.29, 0.717) is 12.5 Å². The third-order valence-electron chi connectivity index (χ3n) is 8.01. The Morgan fingerprint density at radius 2 is 1.42 bits per heavy atom. The zero-order chi connectivity index (χ0) is 23.5. The summed E-state index contributed by atoms with van der Waals surface area (Å²) in [6.07, 6.45) is 18.8. The molecule has 3 heteroatoms. The first kappa shape index (κ1) is 26.1. The predicted octanol–water partition coefficient (Wildman–Crippen LogP) is 9.08. The highest BCUT2D eigenvalue weighted by atomic mass is 19.2. The number of benzene rings is 1. The summed E-state index contributed by atoms with van der Waals surface area (Å²) >= 11 is 0. The molecule has 2 aliphatic rings. The van der Waals surface area contributed by atoms with Crippen molar-refractivity contribution < 1.29 is 13.5 Å². The number of hydrogen-bond donors (Lipinski definition) is 0. The minimum Gasteiger partial charge on any atom is -0.490 e. The maximum absolute atomic E-state index is 14.5. The predicted molar refractivity (Wildman–Crippen MR) is 133 cm³/mol. The van der Waals surface area contributed by atoms with Crippen molar-refractivity contribution in [1.29, 1.82) is 0 Å². The number of hydrogen-bond acceptors (Lipinski definition) is 1. The standard InChI is InChI=1S/C30H44F2O/c1-3-5-7-9-23-10-15-25(16-11-23)26-17-12-24(13-18-26)14-19-27-20-21-28(30(32)29(27)31)33-22-8-6-4-2/h20-21,23-26H,3-13,15-18,22H2,1-2H3. The topological polar surface area (TPSA) is 9.23 Å². The van der Waals surface area contributed by atoms with Crippen LogP contribution in [0.2, 0.25) is 0 Å². The van der Waals surface area contributed by atoms with E-state index in [4.69, 9.17) is 4.74 Å². The molecule has 1 nitrogen and oxygen atoms in total. The molecule has 2 aliphatic carbocycles. The van der Waals surface area contributed by atoms with Gasteiger partial charge in [0.25, 0.3) is 0 Å². The van der Waals surface area contributed by atoms with Gasteiger partial charge in [-0.2, -0.15) is 4.39 Å². The molecule has 3 rings (SSSR count). The number of ether oxygens (including phenoxy) is 1. The first-order valence-electron chi connectivity index (χ1n) is 13.7. The first-order chi connectivity index (χ1) is 16.1. The smallest absolute Gasteiger partial charge is 0.201 e. The normalized spacial score (nSPS) is 25.3. The van der Waals surface area contributed by atoms with Crippen LogP contribution >= 0.6 is 0 Å². The van der Waals surface area contributed by atoms with Crippen LogP contribution in [0, 0.1) is 47.1 Å². The van der Waals surface area contributed by atoms with E-state index in [0.717, 1.165) is 49.9 Å². The maximum Gasteiger partial charge on any atom is 0.201 e. The Labute approximate surface area is 201 Å². The zero-order valence-electron chi connectivity index (χ0n) is 20.9. The summed E-state index contributed by atoms with van der Waals surface area (Å²) in [4.78, 5) is 0. The van der Waals surface area contributed by atoms with E-state index in [9.17, 15) is 8.78 Å². The van der Waals surface area contributed by atoms with E-state index in [1.165, 1.54) is 70.3 Å². The lowest BCUT2D eigenvalue weighted by atomic mass is 9.69. The van der Waals surface area contributed by atoms with Crippen LogP contribution in [0.4, 0.5) is 8.78 Å². The van der Waals surface area contributed by atoms with Gasteiger partial charge in [-0.15, -0.1) is 0 Å². The van der Waals surface area contributed by atoms with Crippen molar-refractivity contribution >= 4 is 0 Å². The molecule has 33 heavy (non-hydrogen) atoms. The van der Waals surface area contributed by atoms with Crippen LogP contribution in [0.5, 0.6) is 5.75 Å². The summed E-state index contributed by atoms with van der Waals surface area (Å²) in [5.74, 6) is 7.41. The highest BCUT2D eigenvalue weighted by molar-refractivity contribution is 5.41. The molecule has 2 fully saturated rings. The van der Waals surface area contributed by atoms with E-state index in [1.54, 1.807) is 6.07 Å².